The maximum absolute atomic E-state index is 6.32. The molecule has 3 rings (SSSR count). The summed E-state index contributed by atoms with van der Waals surface area (Å²) in [5, 5.41) is 0. The normalized spacial score (nSPS) is 15.8. The van der Waals surface area contributed by atoms with Crippen LogP contribution in [0.3, 0.4) is 0 Å². The molecule has 0 amide bonds. The van der Waals surface area contributed by atoms with Crippen molar-refractivity contribution in [1.29, 1.82) is 0 Å². The Labute approximate surface area is 219 Å². The second kappa shape index (κ2) is 12.9. The van der Waals surface area contributed by atoms with E-state index in [-0.39, 0.29) is 5.41 Å². The number of ether oxygens (including phenoxy) is 1. The van der Waals surface area contributed by atoms with E-state index in [1.165, 1.54) is 82.6 Å². The molecule has 33 heavy (non-hydrogen) atoms. The molecule has 0 radical (unpaired) electrons. The monoisotopic (exact) mass is 576 g/mol. The van der Waals surface area contributed by atoms with Crippen LogP contribution in [0.2, 0.25) is 0 Å². The molecule has 0 saturated carbocycles. The van der Waals surface area contributed by atoms with Gasteiger partial charge < -0.3 is 4.74 Å². The minimum atomic E-state index is 0.0982. The van der Waals surface area contributed by atoms with Gasteiger partial charge in [-0.1, -0.05) is 104 Å². The molecule has 0 spiro atoms. The lowest BCUT2D eigenvalue weighted by Crippen LogP contribution is -2.26. The molecule has 3 heteroatoms. The van der Waals surface area contributed by atoms with Crippen LogP contribution in [0.4, 0.5) is 0 Å². The Morgan fingerprint density at radius 1 is 0.788 bits per heavy atom. The maximum atomic E-state index is 6.32. The van der Waals surface area contributed by atoms with Crippen LogP contribution in [0.1, 0.15) is 103 Å². The van der Waals surface area contributed by atoms with Crippen molar-refractivity contribution < 1.29 is 4.74 Å². The Hall–Kier alpha value is -0.640. The highest BCUT2D eigenvalue weighted by Crippen LogP contribution is 2.55. The van der Waals surface area contributed by atoms with E-state index < -0.39 is 0 Å². The maximum Gasteiger partial charge on any atom is 0.0572 e. The summed E-state index contributed by atoms with van der Waals surface area (Å²) in [7, 11) is 0. The van der Waals surface area contributed by atoms with Gasteiger partial charge in [0.1, 0.15) is 0 Å². The summed E-state index contributed by atoms with van der Waals surface area (Å²) in [6, 6.07) is 13.9. The van der Waals surface area contributed by atoms with Crippen molar-refractivity contribution in [3.8, 4) is 11.1 Å². The Morgan fingerprint density at radius 3 is 1.94 bits per heavy atom. The van der Waals surface area contributed by atoms with Gasteiger partial charge in [-0.15, -0.1) is 0 Å². The Morgan fingerprint density at radius 2 is 1.39 bits per heavy atom. The second-order valence-corrected chi connectivity index (χ2v) is 11.9. The van der Waals surface area contributed by atoms with Crippen LogP contribution in [0, 0.1) is 5.92 Å². The largest absolute Gasteiger partial charge is 0.378 e. The first-order valence-electron chi connectivity index (χ1n) is 13.2. The SMILES string of the molecule is CCCCCCC1(CCCC(CC)OCC(C)CC)c2cc(Br)ccc2-c2ccc(Br)cc21. The van der Waals surface area contributed by atoms with E-state index in [0.717, 1.165) is 19.4 Å². The quantitative estimate of drug-likeness (QED) is 0.203. The van der Waals surface area contributed by atoms with Crippen molar-refractivity contribution >= 4 is 31.9 Å². The fourth-order valence-corrected chi connectivity index (χ4v) is 6.13. The molecule has 0 saturated heterocycles. The summed E-state index contributed by atoms with van der Waals surface area (Å²) in [5.74, 6) is 0.646. The van der Waals surface area contributed by atoms with E-state index in [2.05, 4.69) is 96.0 Å². The number of fused-ring (bicyclic) bond motifs is 3. The summed E-state index contributed by atoms with van der Waals surface area (Å²) < 4.78 is 8.70. The van der Waals surface area contributed by atoms with Crippen molar-refractivity contribution in [2.75, 3.05) is 6.61 Å². The van der Waals surface area contributed by atoms with Gasteiger partial charge in [0, 0.05) is 21.0 Å². The summed E-state index contributed by atoms with van der Waals surface area (Å²) in [6.07, 6.45) is 12.6. The Balaban J connectivity index is 1.87. The highest BCUT2D eigenvalue weighted by Gasteiger charge is 2.42. The lowest BCUT2D eigenvalue weighted by atomic mass is 9.70. The third kappa shape index (κ3) is 6.53. The topological polar surface area (TPSA) is 9.23 Å². The minimum absolute atomic E-state index is 0.0982. The molecule has 182 valence electrons. The molecule has 0 fully saturated rings. The molecule has 1 aliphatic carbocycles. The zero-order valence-electron chi connectivity index (χ0n) is 21.1. The number of hydrogen-bond donors (Lipinski definition) is 0. The lowest BCUT2D eigenvalue weighted by molar-refractivity contribution is 0.0224. The van der Waals surface area contributed by atoms with Crippen LogP contribution in [-0.2, 0) is 10.2 Å². The van der Waals surface area contributed by atoms with E-state index in [4.69, 9.17) is 4.74 Å². The van der Waals surface area contributed by atoms with Gasteiger partial charge in [0.05, 0.1) is 6.10 Å². The lowest BCUT2D eigenvalue weighted by Gasteiger charge is -2.33. The molecular formula is C30H42Br2O. The summed E-state index contributed by atoms with van der Waals surface area (Å²) in [4.78, 5) is 0. The number of hydrogen-bond acceptors (Lipinski definition) is 1. The highest BCUT2D eigenvalue weighted by atomic mass is 79.9. The van der Waals surface area contributed by atoms with Gasteiger partial charge >= 0.3 is 0 Å². The van der Waals surface area contributed by atoms with Gasteiger partial charge in [0.15, 0.2) is 0 Å². The smallest absolute Gasteiger partial charge is 0.0572 e. The molecule has 2 unspecified atom stereocenters. The molecule has 1 nitrogen and oxygen atoms in total. The first-order chi connectivity index (χ1) is 15.9. The van der Waals surface area contributed by atoms with Crippen LogP contribution < -0.4 is 0 Å². The van der Waals surface area contributed by atoms with Crippen LogP contribution >= 0.6 is 31.9 Å². The predicted octanol–water partition coefficient (Wildman–Crippen LogP) is 10.5. The average molecular weight is 578 g/mol. The number of halogens is 2. The first kappa shape index (κ1) is 27.0. The van der Waals surface area contributed by atoms with Gasteiger partial charge in [0.25, 0.3) is 0 Å². The van der Waals surface area contributed by atoms with Crippen LogP contribution in [-0.4, -0.2) is 12.7 Å². The van der Waals surface area contributed by atoms with Gasteiger partial charge in [-0.2, -0.15) is 0 Å². The average Bonchev–Trinajstić information content (AvgIpc) is 3.07. The van der Waals surface area contributed by atoms with Crippen LogP contribution in [0.5, 0.6) is 0 Å². The van der Waals surface area contributed by atoms with Crippen molar-refractivity contribution in [3.63, 3.8) is 0 Å². The van der Waals surface area contributed by atoms with E-state index in [1.54, 1.807) is 0 Å². The minimum Gasteiger partial charge on any atom is -0.378 e. The van der Waals surface area contributed by atoms with E-state index in [0.29, 0.717) is 12.0 Å². The standard InChI is InChI=1S/C30H42Br2O/c1-5-8-9-10-17-30(18-11-12-25(7-3)33-21-22(4)6-2)28-19-23(31)13-15-26(28)27-16-14-24(32)20-29(27)30/h13-16,19-20,22,25H,5-12,17-18,21H2,1-4H3. The summed E-state index contributed by atoms with van der Waals surface area (Å²) in [6.45, 7) is 10.0. The third-order valence-corrected chi connectivity index (χ3v) is 8.63. The predicted molar refractivity (Wildman–Crippen MR) is 150 cm³/mol. The van der Waals surface area contributed by atoms with Crippen LogP contribution in [0.25, 0.3) is 11.1 Å². The number of unbranched alkanes of at least 4 members (excludes halogenated alkanes) is 3. The summed E-state index contributed by atoms with van der Waals surface area (Å²) in [5.41, 5.74) is 6.00. The van der Waals surface area contributed by atoms with Crippen molar-refractivity contribution in [2.24, 2.45) is 5.92 Å². The van der Waals surface area contributed by atoms with Crippen LogP contribution in [0.15, 0.2) is 45.3 Å². The molecule has 2 aromatic carbocycles. The van der Waals surface area contributed by atoms with Crippen molar-refractivity contribution in [1.82, 2.24) is 0 Å². The molecule has 1 aliphatic rings. The molecular weight excluding hydrogens is 536 g/mol. The Kier molecular flexibility index (Phi) is 10.5. The van der Waals surface area contributed by atoms with Gasteiger partial charge in [0.2, 0.25) is 0 Å². The second-order valence-electron chi connectivity index (χ2n) is 10.0. The number of benzene rings is 2. The third-order valence-electron chi connectivity index (χ3n) is 7.64. The summed E-state index contributed by atoms with van der Waals surface area (Å²) >= 11 is 7.57. The zero-order valence-corrected chi connectivity index (χ0v) is 24.2. The number of rotatable bonds is 14. The molecule has 0 N–H and O–H groups in total. The van der Waals surface area contributed by atoms with Crippen molar-refractivity contribution in [2.45, 2.75) is 103 Å². The van der Waals surface area contributed by atoms with E-state index in [1.807, 2.05) is 0 Å². The fraction of sp³-hybridized carbons (Fsp3) is 0.600. The highest BCUT2D eigenvalue weighted by molar-refractivity contribution is 9.10. The van der Waals surface area contributed by atoms with Crippen molar-refractivity contribution in [3.05, 3.63) is 56.5 Å². The first-order valence-corrected chi connectivity index (χ1v) is 14.8. The Bertz CT molecular complexity index is 839. The fourth-order valence-electron chi connectivity index (χ4n) is 5.41. The van der Waals surface area contributed by atoms with Gasteiger partial charge in [-0.05, 0) is 84.5 Å². The molecule has 2 atom stereocenters. The van der Waals surface area contributed by atoms with E-state index in [9.17, 15) is 0 Å². The molecule has 2 aromatic rings. The molecule has 0 heterocycles. The molecule has 0 aliphatic heterocycles. The van der Waals surface area contributed by atoms with E-state index >= 15 is 0 Å². The van der Waals surface area contributed by atoms with Gasteiger partial charge in [-0.3, -0.25) is 0 Å². The van der Waals surface area contributed by atoms with Gasteiger partial charge in [-0.25, -0.2) is 0 Å². The molecule has 0 bridgehead atoms. The zero-order chi connectivity index (χ0) is 23.8. The molecule has 0 aromatic heterocycles.